The van der Waals surface area contributed by atoms with Crippen LogP contribution in [-0.2, 0) is 36.8 Å². The number of epoxide rings is 1. The van der Waals surface area contributed by atoms with Gasteiger partial charge in [0.25, 0.3) is 5.91 Å². The molecule has 0 bridgehead atoms. The number of nitrogens with zero attached hydrogens (tertiary/aromatic N) is 2. The number of rotatable bonds is 17. The van der Waals surface area contributed by atoms with Crippen molar-refractivity contribution < 1.29 is 33.2 Å². The van der Waals surface area contributed by atoms with Crippen LogP contribution < -0.4 is 10.6 Å². The maximum atomic E-state index is 13.7. The van der Waals surface area contributed by atoms with Crippen LogP contribution in [0.3, 0.4) is 0 Å². The number of hydrogen-bond donors (Lipinski definition) is 2. The highest BCUT2D eigenvalue weighted by molar-refractivity contribution is 5.99. The topological polar surface area (TPSA) is 143 Å². The summed E-state index contributed by atoms with van der Waals surface area (Å²) in [4.78, 5) is 55.9. The number of ketones is 2. The first-order valence-electron chi connectivity index (χ1n) is 15.7. The zero-order chi connectivity index (χ0) is 31.7. The summed E-state index contributed by atoms with van der Waals surface area (Å²) in [6.45, 7) is 11.3. The van der Waals surface area contributed by atoms with Crippen LogP contribution in [0.1, 0.15) is 75.2 Å². The monoisotopic (exact) mass is 610 g/mol. The SMILES string of the molecule is CCC[C@H](NC(=O)c1cc(CN2CCOCC2)on1)C(=O)C[C@@H](Cc1ccccc1)C(=O)N[C@@H](CC(C)C)C(=O)[C@@]1(C)CO1. The number of ether oxygens (including phenoxy) is 2. The van der Waals surface area contributed by atoms with Gasteiger partial charge in [0.2, 0.25) is 5.91 Å². The van der Waals surface area contributed by atoms with Crippen molar-refractivity contribution in [2.75, 3.05) is 32.9 Å². The molecule has 0 aliphatic carbocycles. The van der Waals surface area contributed by atoms with Crippen LogP contribution in [0.2, 0.25) is 0 Å². The van der Waals surface area contributed by atoms with Crippen molar-refractivity contribution in [3.63, 3.8) is 0 Å². The fraction of sp³-hybridized carbons (Fsp3) is 0.606. The number of nitrogens with one attached hydrogen (secondary N) is 2. The molecule has 4 rings (SSSR count). The maximum absolute atomic E-state index is 13.7. The third-order valence-corrected chi connectivity index (χ3v) is 8.13. The quantitative estimate of drug-likeness (QED) is 0.258. The first-order valence-corrected chi connectivity index (χ1v) is 15.7. The number of carbonyl (C=O) groups excluding carboxylic acids is 4. The summed E-state index contributed by atoms with van der Waals surface area (Å²) in [5.41, 5.74) is 0.125. The first-order chi connectivity index (χ1) is 21.1. The highest BCUT2D eigenvalue weighted by Crippen LogP contribution is 2.30. The fourth-order valence-corrected chi connectivity index (χ4v) is 5.46. The minimum atomic E-state index is -0.878. The molecular formula is C33H46N4O7. The standard InChI is InChI=1S/C33H46N4O7/c1-5-9-26(34-32(41)28-19-25(44-36-28)20-37-12-14-42-15-13-37)29(38)18-24(17-23-10-7-6-8-11-23)31(40)35-27(16-22(2)3)30(39)33(4)21-43-33/h6-8,10-11,19,22,24,26-27H,5,9,12-18,20-21H2,1-4H3,(H,34,41)(H,35,40)/t24-,26+,27+,33-/m1/s1. The minimum absolute atomic E-state index is 0.0941. The van der Waals surface area contributed by atoms with Gasteiger partial charge in [0.15, 0.2) is 23.0 Å². The average Bonchev–Trinajstić information content (AvgIpc) is 3.59. The normalized spacial score (nSPS) is 20.5. The first kappa shape index (κ1) is 33.5. The molecule has 1 aromatic heterocycles. The summed E-state index contributed by atoms with van der Waals surface area (Å²) in [5, 5.41) is 9.71. The smallest absolute Gasteiger partial charge is 0.274 e. The molecule has 2 N–H and O–H groups in total. The molecule has 2 aromatic rings. The molecule has 11 heteroatoms. The molecule has 2 aliphatic rings. The lowest BCUT2D eigenvalue weighted by atomic mass is 9.88. The molecule has 2 aliphatic heterocycles. The molecule has 11 nitrogen and oxygen atoms in total. The van der Waals surface area contributed by atoms with E-state index in [9.17, 15) is 19.2 Å². The second kappa shape index (κ2) is 15.5. The van der Waals surface area contributed by atoms with Crippen molar-refractivity contribution in [2.24, 2.45) is 11.8 Å². The van der Waals surface area contributed by atoms with Crippen LogP contribution in [0.4, 0.5) is 0 Å². The number of amides is 2. The van der Waals surface area contributed by atoms with Gasteiger partial charge in [-0.15, -0.1) is 0 Å². The molecule has 0 saturated carbocycles. The number of benzene rings is 1. The number of Topliss-reactive ketones (excluding diaryl/α,β-unsaturated/α-hetero) is 2. The molecule has 4 atom stereocenters. The van der Waals surface area contributed by atoms with E-state index in [0.717, 1.165) is 18.7 Å². The van der Waals surface area contributed by atoms with Gasteiger partial charge >= 0.3 is 0 Å². The summed E-state index contributed by atoms with van der Waals surface area (Å²) < 4.78 is 16.2. The molecule has 0 radical (unpaired) electrons. The summed E-state index contributed by atoms with van der Waals surface area (Å²) in [6, 6.07) is 9.55. The van der Waals surface area contributed by atoms with Crippen molar-refractivity contribution in [1.82, 2.24) is 20.7 Å². The van der Waals surface area contributed by atoms with Crippen LogP contribution in [-0.4, -0.2) is 84.0 Å². The Hall–Kier alpha value is -3.41. The molecule has 0 unspecified atom stereocenters. The van der Waals surface area contributed by atoms with E-state index < -0.39 is 29.5 Å². The Labute approximate surface area is 259 Å². The van der Waals surface area contributed by atoms with E-state index >= 15 is 0 Å². The van der Waals surface area contributed by atoms with Crippen molar-refractivity contribution >= 4 is 23.4 Å². The Morgan fingerprint density at radius 2 is 1.75 bits per heavy atom. The fourth-order valence-electron chi connectivity index (χ4n) is 5.46. The highest BCUT2D eigenvalue weighted by Gasteiger charge is 2.50. The van der Waals surface area contributed by atoms with Gasteiger partial charge in [0.1, 0.15) is 5.60 Å². The number of aromatic nitrogens is 1. The second-order valence-electron chi connectivity index (χ2n) is 12.5. The van der Waals surface area contributed by atoms with Gasteiger partial charge in [-0.25, -0.2) is 0 Å². The Morgan fingerprint density at radius 3 is 2.39 bits per heavy atom. The van der Waals surface area contributed by atoms with Crippen LogP contribution in [0.15, 0.2) is 40.9 Å². The predicted octanol–water partition coefficient (Wildman–Crippen LogP) is 3.11. The second-order valence-corrected chi connectivity index (χ2v) is 12.5. The predicted molar refractivity (Wildman–Crippen MR) is 163 cm³/mol. The molecule has 2 amide bonds. The Balaban J connectivity index is 1.45. The highest BCUT2D eigenvalue weighted by atomic mass is 16.6. The van der Waals surface area contributed by atoms with E-state index in [4.69, 9.17) is 14.0 Å². The maximum Gasteiger partial charge on any atom is 0.274 e. The van der Waals surface area contributed by atoms with E-state index in [-0.39, 0.29) is 35.5 Å². The summed E-state index contributed by atoms with van der Waals surface area (Å²) in [5.74, 6) is -1.28. The molecule has 2 fully saturated rings. The van der Waals surface area contributed by atoms with Crippen molar-refractivity contribution in [3.8, 4) is 0 Å². The van der Waals surface area contributed by atoms with E-state index in [0.29, 0.717) is 57.8 Å². The lowest BCUT2D eigenvalue weighted by Crippen LogP contribution is -2.49. The molecule has 44 heavy (non-hydrogen) atoms. The van der Waals surface area contributed by atoms with Gasteiger partial charge in [0.05, 0.1) is 38.4 Å². The lowest BCUT2D eigenvalue weighted by molar-refractivity contribution is -0.134. The van der Waals surface area contributed by atoms with Gasteiger partial charge in [-0.3, -0.25) is 24.1 Å². The largest absolute Gasteiger partial charge is 0.379 e. The molecule has 0 spiro atoms. The number of morpholine rings is 1. The Morgan fingerprint density at radius 1 is 1.05 bits per heavy atom. The lowest BCUT2D eigenvalue weighted by Gasteiger charge is -2.25. The average molecular weight is 611 g/mol. The van der Waals surface area contributed by atoms with Crippen LogP contribution in [0, 0.1) is 11.8 Å². The minimum Gasteiger partial charge on any atom is -0.379 e. The molecule has 2 saturated heterocycles. The van der Waals surface area contributed by atoms with E-state index in [1.54, 1.807) is 13.0 Å². The molecule has 3 heterocycles. The molecule has 240 valence electrons. The summed E-state index contributed by atoms with van der Waals surface area (Å²) in [7, 11) is 0. The van der Waals surface area contributed by atoms with Gasteiger partial charge < -0.3 is 24.6 Å². The van der Waals surface area contributed by atoms with Gasteiger partial charge in [-0.2, -0.15) is 0 Å². The Bertz CT molecular complexity index is 1270. The van der Waals surface area contributed by atoms with Crippen LogP contribution in [0.25, 0.3) is 0 Å². The van der Waals surface area contributed by atoms with Crippen LogP contribution in [0.5, 0.6) is 0 Å². The van der Waals surface area contributed by atoms with Gasteiger partial charge in [-0.1, -0.05) is 62.7 Å². The Kier molecular flexibility index (Phi) is 11.8. The van der Waals surface area contributed by atoms with E-state index in [2.05, 4.69) is 20.7 Å². The van der Waals surface area contributed by atoms with Crippen molar-refractivity contribution in [1.29, 1.82) is 0 Å². The van der Waals surface area contributed by atoms with E-state index in [1.165, 1.54) is 0 Å². The molecular weight excluding hydrogens is 564 g/mol. The summed E-state index contributed by atoms with van der Waals surface area (Å²) >= 11 is 0. The van der Waals surface area contributed by atoms with Crippen molar-refractivity contribution in [3.05, 3.63) is 53.4 Å². The summed E-state index contributed by atoms with van der Waals surface area (Å²) in [6.07, 6.45) is 1.75. The van der Waals surface area contributed by atoms with Gasteiger partial charge in [-0.05, 0) is 37.7 Å². The molecule has 1 aromatic carbocycles. The number of carbonyl (C=O) groups is 4. The zero-order valence-corrected chi connectivity index (χ0v) is 26.3. The van der Waals surface area contributed by atoms with Crippen molar-refractivity contribution in [2.45, 2.75) is 84.0 Å². The van der Waals surface area contributed by atoms with Crippen LogP contribution >= 0.6 is 0 Å². The zero-order valence-electron chi connectivity index (χ0n) is 26.3. The third kappa shape index (κ3) is 9.54. The van der Waals surface area contributed by atoms with Gasteiger partial charge in [0, 0.05) is 31.5 Å². The number of hydrogen-bond acceptors (Lipinski definition) is 9. The van der Waals surface area contributed by atoms with E-state index in [1.807, 2.05) is 51.1 Å². The third-order valence-electron chi connectivity index (χ3n) is 8.13.